The Kier molecular flexibility index (Phi) is 4.22. The molecule has 0 spiro atoms. The van der Waals surface area contributed by atoms with Gasteiger partial charge in [-0.05, 0) is 54.5 Å². The zero-order chi connectivity index (χ0) is 15.6. The predicted molar refractivity (Wildman–Crippen MR) is 96.9 cm³/mol. The third-order valence-corrected chi connectivity index (χ3v) is 5.71. The zero-order valence-electron chi connectivity index (χ0n) is 14.2. The molecule has 0 aliphatic carbocycles. The van der Waals surface area contributed by atoms with Gasteiger partial charge in [0, 0.05) is 18.5 Å². The van der Waals surface area contributed by atoms with E-state index in [1.165, 1.54) is 56.3 Å². The lowest BCUT2D eigenvalue weighted by atomic mass is 9.81. The van der Waals surface area contributed by atoms with Gasteiger partial charge in [0.25, 0.3) is 0 Å². The van der Waals surface area contributed by atoms with Gasteiger partial charge in [-0.1, -0.05) is 61.9 Å². The minimum absolute atomic E-state index is 0.542. The van der Waals surface area contributed by atoms with Crippen LogP contribution < -0.4 is 0 Å². The molecule has 0 radical (unpaired) electrons. The van der Waals surface area contributed by atoms with E-state index in [-0.39, 0.29) is 0 Å². The van der Waals surface area contributed by atoms with E-state index >= 15 is 0 Å². The molecular formula is C22H27N. The molecule has 1 fully saturated rings. The number of hydrogen-bond donors (Lipinski definition) is 0. The van der Waals surface area contributed by atoms with Gasteiger partial charge in [-0.3, -0.25) is 4.90 Å². The lowest BCUT2D eigenvalue weighted by Crippen LogP contribution is -2.34. The van der Waals surface area contributed by atoms with Crippen LogP contribution in [0.5, 0.6) is 0 Å². The van der Waals surface area contributed by atoms with E-state index in [1.807, 2.05) is 0 Å². The molecule has 2 heterocycles. The van der Waals surface area contributed by atoms with Gasteiger partial charge in [-0.2, -0.15) is 0 Å². The maximum absolute atomic E-state index is 2.71. The Bertz CT molecular complexity index is 658. The standard InChI is InChI=1S/C22H27N/c1-2-3-7-17-11-13-18(14-12-17)21-16-23-15-6-10-22(23)20-9-5-4-8-19(20)21/h4-5,8-9,11-14,21-22H,2-3,6-7,10,15-16H2,1H3/t21-,22-/m0/s1. The molecule has 0 saturated carbocycles. The molecule has 4 rings (SSSR count). The number of benzene rings is 2. The highest BCUT2D eigenvalue weighted by Crippen LogP contribution is 2.43. The van der Waals surface area contributed by atoms with Gasteiger partial charge in [0.05, 0.1) is 0 Å². The second-order valence-electron chi connectivity index (χ2n) is 7.18. The molecule has 0 unspecified atom stereocenters. The van der Waals surface area contributed by atoms with Gasteiger partial charge in [-0.25, -0.2) is 0 Å². The average molecular weight is 305 g/mol. The minimum Gasteiger partial charge on any atom is -0.295 e. The van der Waals surface area contributed by atoms with Gasteiger partial charge in [-0.15, -0.1) is 0 Å². The van der Waals surface area contributed by atoms with E-state index in [0.717, 1.165) is 0 Å². The van der Waals surface area contributed by atoms with Crippen molar-refractivity contribution >= 4 is 0 Å². The van der Waals surface area contributed by atoms with E-state index < -0.39 is 0 Å². The first-order chi connectivity index (χ1) is 11.4. The third kappa shape index (κ3) is 2.83. The fraction of sp³-hybridized carbons (Fsp3) is 0.455. The lowest BCUT2D eigenvalue weighted by Gasteiger charge is -2.37. The van der Waals surface area contributed by atoms with Crippen molar-refractivity contribution in [2.75, 3.05) is 13.1 Å². The van der Waals surface area contributed by atoms with Crippen LogP contribution in [-0.2, 0) is 6.42 Å². The highest BCUT2D eigenvalue weighted by molar-refractivity contribution is 5.43. The van der Waals surface area contributed by atoms with Crippen molar-refractivity contribution in [2.24, 2.45) is 0 Å². The van der Waals surface area contributed by atoms with Crippen LogP contribution in [-0.4, -0.2) is 18.0 Å². The molecule has 0 amide bonds. The van der Waals surface area contributed by atoms with Crippen LogP contribution in [0.3, 0.4) is 0 Å². The molecule has 2 aliphatic rings. The molecule has 1 saturated heterocycles. The monoisotopic (exact) mass is 305 g/mol. The Balaban J connectivity index is 1.65. The van der Waals surface area contributed by atoms with Crippen LogP contribution in [0.15, 0.2) is 48.5 Å². The van der Waals surface area contributed by atoms with Gasteiger partial charge >= 0.3 is 0 Å². The van der Waals surface area contributed by atoms with Crippen molar-refractivity contribution in [3.8, 4) is 0 Å². The van der Waals surface area contributed by atoms with E-state index in [1.54, 1.807) is 11.1 Å². The molecular weight excluding hydrogens is 278 g/mol. The summed E-state index contributed by atoms with van der Waals surface area (Å²) in [5, 5.41) is 0. The summed E-state index contributed by atoms with van der Waals surface area (Å²) < 4.78 is 0. The number of aryl methyl sites for hydroxylation is 1. The summed E-state index contributed by atoms with van der Waals surface area (Å²) in [4.78, 5) is 2.71. The second kappa shape index (κ2) is 6.49. The molecule has 0 aromatic heterocycles. The number of nitrogens with zero attached hydrogens (tertiary/aromatic N) is 1. The quantitative estimate of drug-likeness (QED) is 0.739. The summed E-state index contributed by atoms with van der Waals surface area (Å²) in [5.41, 5.74) is 6.12. The maximum Gasteiger partial charge on any atom is 0.0351 e. The smallest absolute Gasteiger partial charge is 0.0351 e. The van der Waals surface area contributed by atoms with Gasteiger partial charge in [0.15, 0.2) is 0 Å². The second-order valence-corrected chi connectivity index (χ2v) is 7.18. The number of fused-ring (bicyclic) bond motifs is 3. The summed E-state index contributed by atoms with van der Waals surface area (Å²) in [5.74, 6) is 0.542. The highest BCUT2D eigenvalue weighted by Gasteiger charge is 2.35. The Morgan fingerprint density at radius 1 is 1.00 bits per heavy atom. The van der Waals surface area contributed by atoms with Crippen LogP contribution >= 0.6 is 0 Å². The Morgan fingerprint density at radius 2 is 1.78 bits per heavy atom. The molecule has 2 aromatic carbocycles. The van der Waals surface area contributed by atoms with E-state index in [4.69, 9.17) is 0 Å². The van der Waals surface area contributed by atoms with Crippen molar-refractivity contribution in [3.63, 3.8) is 0 Å². The fourth-order valence-electron chi connectivity index (χ4n) is 4.44. The van der Waals surface area contributed by atoms with E-state index in [9.17, 15) is 0 Å². The maximum atomic E-state index is 2.71. The number of unbranched alkanes of at least 4 members (excludes halogenated alkanes) is 1. The van der Waals surface area contributed by atoms with Crippen LogP contribution in [0.2, 0.25) is 0 Å². The third-order valence-electron chi connectivity index (χ3n) is 5.71. The molecule has 2 aromatic rings. The number of hydrogen-bond acceptors (Lipinski definition) is 1. The summed E-state index contributed by atoms with van der Waals surface area (Å²) in [6.45, 7) is 4.72. The summed E-state index contributed by atoms with van der Waals surface area (Å²) in [6, 6.07) is 19.3. The first-order valence-corrected chi connectivity index (χ1v) is 9.28. The van der Waals surface area contributed by atoms with Gasteiger partial charge in [0.2, 0.25) is 0 Å². The molecule has 0 N–H and O–H groups in total. The summed E-state index contributed by atoms with van der Waals surface area (Å²) in [7, 11) is 0. The fourth-order valence-corrected chi connectivity index (χ4v) is 4.44. The first-order valence-electron chi connectivity index (χ1n) is 9.28. The Morgan fingerprint density at radius 3 is 2.57 bits per heavy atom. The average Bonchev–Trinajstić information content (AvgIpc) is 3.08. The van der Waals surface area contributed by atoms with Crippen LogP contribution in [0.25, 0.3) is 0 Å². The van der Waals surface area contributed by atoms with Crippen LogP contribution in [0.4, 0.5) is 0 Å². The van der Waals surface area contributed by atoms with Crippen LogP contribution in [0, 0.1) is 0 Å². The summed E-state index contributed by atoms with van der Waals surface area (Å²) >= 11 is 0. The van der Waals surface area contributed by atoms with Crippen molar-refractivity contribution in [1.29, 1.82) is 0 Å². The van der Waals surface area contributed by atoms with Crippen molar-refractivity contribution in [1.82, 2.24) is 4.90 Å². The van der Waals surface area contributed by atoms with E-state index in [2.05, 4.69) is 60.4 Å². The molecule has 1 nitrogen and oxygen atoms in total. The molecule has 120 valence electrons. The Labute approximate surface area is 140 Å². The highest BCUT2D eigenvalue weighted by atomic mass is 15.2. The molecule has 1 heteroatoms. The SMILES string of the molecule is CCCCc1ccc([C@@H]2CN3CCC[C@H]3c3ccccc32)cc1. The largest absolute Gasteiger partial charge is 0.295 e. The van der Waals surface area contributed by atoms with Gasteiger partial charge in [0.1, 0.15) is 0 Å². The minimum atomic E-state index is 0.542. The topological polar surface area (TPSA) is 3.24 Å². The Hall–Kier alpha value is -1.60. The van der Waals surface area contributed by atoms with Crippen molar-refractivity contribution in [2.45, 2.75) is 51.0 Å². The zero-order valence-corrected chi connectivity index (χ0v) is 14.2. The number of rotatable bonds is 4. The molecule has 2 atom stereocenters. The normalized spacial score (nSPS) is 23.5. The molecule has 0 bridgehead atoms. The predicted octanol–water partition coefficient (Wildman–Crippen LogP) is 5.31. The van der Waals surface area contributed by atoms with Crippen molar-refractivity contribution in [3.05, 3.63) is 70.8 Å². The van der Waals surface area contributed by atoms with Gasteiger partial charge < -0.3 is 0 Å². The lowest BCUT2D eigenvalue weighted by molar-refractivity contribution is 0.230. The van der Waals surface area contributed by atoms with E-state index in [0.29, 0.717) is 12.0 Å². The first kappa shape index (κ1) is 15.0. The van der Waals surface area contributed by atoms with Crippen molar-refractivity contribution < 1.29 is 0 Å². The van der Waals surface area contributed by atoms with Crippen LogP contribution in [0.1, 0.15) is 66.8 Å². The molecule has 2 aliphatic heterocycles. The summed E-state index contributed by atoms with van der Waals surface area (Å²) in [6.07, 6.45) is 6.46. The molecule has 23 heavy (non-hydrogen) atoms.